The van der Waals surface area contributed by atoms with Crippen LogP contribution in [0, 0.1) is 11.8 Å². The second kappa shape index (κ2) is 5.37. The minimum atomic E-state index is -0.259. The number of hydrogen-bond acceptors (Lipinski definition) is 3. The van der Waals surface area contributed by atoms with Gasteiger partial charge in [-0.3, -0.25) is 0 Å². The van der Waals surface area contributed by atoms with Crippen LogP contribution in [0.3, 0.4) is 0 Å². The molecule has 2 aliphatic rings. The number of esters is 1. The Bertz CT molecular complexity index is 275. The van der Waals surface area contributed by atoms with Crippen molar-refractivity contribution in [3.63, 3.8) is 0 Å². The summed E-state index contributed by atoms with van der Waals surface area (Å²) in [5, 5.41) is 0. The van der Waals surface area contributed by atoms with Crippen molar-refractivity contribution >= 4 is 5.97 Å². The predicted octanol–water partition coefficient (Wildman–Crippen LogP) is 2.19. The fourth-order valence-corrected chi connectivity index (χ4v) is 3.00. The molecule has 2 fully saturated rings. The summed E-state index contributed by atoms with van der Waals surface area (Å²) in [7, 11) is 1.42. The molecule has 0 bridgehead atoms. The lowest BCUT2D eigenvalue weighted by atomic mass is 9.75. The lowest BCUT2D eigenvalue weighted by Crippen LogP contribution is -2.39. The van der Waals surface area contributed by atoms with Crippen LogP contribution >= 0.6 is 0 Å². The van der Waals surface area contributed by atoms with Gasteiger partial charge in [0, 0.05) is 25.4 Å². The Morgan fingerprint density at radius 2 is 2.00 bits per heavy atom. The van der Waals surface area contributed by atoms with Crippen molar-refractivity contribution in [3.05, 3.63) is 12.3 Å². The molecule has 90 valence electrons. The summed E-state index contributed by atoms with van der Waals surface area (Å²) < 4.78 is 4.60. The summed E-state index contributed by atoms with van der Waals surface area (Å²) in [4.78, 5) is 13.3. The molecule has 0 spiro atoms. The molecule has 0 radical (unpaired) electrons. The summed E-state index contributed by atoms with van der Waals surface area (Å²) >= 11 is 0. The summed E-state index contributed by atoms with van der Waals surface area (Å²) in [6.45, 7) is 2.22. The van der Waals surface area contributed by atoms with E-state index in [1.165, 1.54) is 45.3 Å². The highest BCUT2D eigenvalue weighted by atomic mass is 16.5. The molecule has 1 heterocycles. The largest absolute Gasteiger partial charge is 0.466 e. The van der Waals surface area contributed by atoms with Gasteiger partial charge in [-0.25, -0.2) is 4.79 Å². The van der Waals surface area contributed by atoms with E-state index in [9.17, 15) is 4.79 Å². The molecule has 2 rings (SSSR count). The van der Waals surface area contributed by atoms with Crippen LogP contribution in [0.5, 0.6) is 0 Å². The number of carbonyl (C=O) groups is 1. The molecule has 1 aliphatic carbocycles. The topological polar surface area (TPSA) is 29.5 Å². The Morgan fingerprint density at radius 1 is 1.25 bits per heavy atom. The van der Waals surface area contributed by atoms with Gasteiger partial charge in [-0.1, -0.05) is 19.3 Å². The van der Waals surface area contributed by atoms with Gasteiger partial charge < -0.3 is 9.64 Å². The summed E-state index contributed by atoms with van der Waals surface area (Å²) in [6.07, 6.45) is 10.3. The Balaban J connectivity index is 1.85. The van der Waals surface area contributed by atoms with Crippen LogP contribution in [0.15, 0.2) is 12.3 Å². The van der Waals surface area contributed by atoms with Gasteiger partial charge in [0.1, 0.15) is 0 Å². The smallest absolute Gasteiger partial charge is 0.331 e. The molecule has 0 aromatic carbocycles. The number of methoxy groups -OCH3 is 1. The number of likely N-dealkylation sites (tertiary alicyclic amines) is 1. The second-order valence-electron chi connectivity index (χ2n) is 4.93. The second-order valence-corrected chi connectivity index (χ2v) is 4.93. The number of rotatable bonds is 2. The highest BCUT2D eigenvalue weighted by Gasteiger charge is 2.29. The first-order chi connectivity index (χ1) is 7.79. The van der Waals surface area contributed by atoms with Crippen LogP contribution in [-0.4, -0.2) is 31.1 Å². The van der Waals surface area contributed by atoms with Crippen LogP contribution in [0.25, 0.3) is 0 Å². The fraction of sp³-hybridized carbons (Fsp3) is 0.769. The maximum atomic E-state index is 11.0. The van der Waals surface area contributed by atoms with Crippen molar-refractivity contribution < 1.29 is 9.53 Å². The van der Waals surface area contributed by atoms with Gasteiger partial charge in [-0.2, -0.15) is 0 Å². The van der Waals surface area contributed by atoms with E-state index in [4.69, 9.17) is 0 Å². The van der Waals surface area contributed by atoms with Crippen molar-refractivity contribution in [3.8, 4) is 0 Å². The molecule has 16 heavy (non-hydrogen) atoms. The number of nitrogens with zero attached hydrogens (tertiary/aromatic N) is 1. The molecule has 1 saturated heterocycles. The van der Waals surface area contributed by atoms with E-state index in [1.54, 1.807) is 0 Å². The average molecular weight is 223 g/mol. The van der Waals surface area contributed by atoms with Gasteiger partial charge >= 0.3 is 5.97 Å². The van der Waals surface area contributed by atoms with Crippen molar-refractivity contribution in [2.45, 2.75) is 32.1 Å². The van der Waals surface area contributed by atoms with Crippen LogP contribution in [-0.2, 0) is 9.53 Å². The summed E-state index contributed by atoms with van der Waals surface area (Å²) in [6, 6.07) is 0. The Morgan fingerprint density at radius 3 is 2.75 bits per heavy atom. The fourth-order valence-electron chi connectivity index (χ4n) is 3.00. The summed E-state index contributed by atoms with van der Waals surface area (Å²) in [5.74, 6) is 1.53. The van der Waals surface area contributed by atoms with E-state index in [-0.39, 0.29) is 5.97 Å². The quantitative estimate of drug-likeness (QED) is 0.531. The molecular weight excluding hydrogens is 202 g/mol. The van der Waals surface area contributed by atoms with Crippen molar-refractivity contribution in [1.82, 2.24) is 4.90 Å². The normalized spacial score (nSPS) is 30.2. The lowest BCUT2D eigenvalue weighted by Gasteiger charge is -2.40. The van der Waals surface area contributed by atoms with Gasteiger partial charge in [-0.15, -0.1) is 0 Å². The number of fused-ring (bicyclic) bond motifs is 1. The van der Waals surface area contributed by atoms with E-state index in [1.807, 2.05) is 6.20 Å². The zero-order valence-corrected chi connectivity index (χ0v) is 10.0. The molecule has 0 aromatic rings. The van der Waals surface area contributed by atoms with Crippen molar-refractivity contribution in [1.29, 1.82) is 0 Å². The predicted molar refractivity (Wildman–Crippen MR) is 62.8 cm³/mol. The number of ether oxygens (including phenoxy) is 1. The zero-order valence-electron chi connectivity index (χ0n) is 10.0. The third-order valence-electron chi connectivity index (χ3n) is 3.95. The van der Waals surface area contributed by atoms with Gasteiger partial charge in [-0.05, 0) is 24.7 Å². The molecular formula is C13H21NO2. The number of piperidine rings is 1. The summed E-state index contributed by atoms with van der Waals surface area (Å²) in [5.41, 5.74) is 0. The minimum absolute atomic E-state index is 0.259. The monoisotopic (exact) mass is 223 g/mol. The van der Waals surface area contributed by atoms with E-state index < -0.39 is 0 Å². The number of hydrogen-bond donors (Lipinski definition) is 0. The van der Waals surface area contributed by atoms with E-state index in [0.29, 0.717) is 0 Å². The maximum absolute atomic E-state index is 11.0. The van der Waals surface area contributed by atoms with Gasteiger partial charge in [0.2, 0.25) is 0 Å². The standard InChI is InChI=1S/C13H21NO2/c1-16-13(15)7-9-14-8-6-11-4-2-3-5-12(11)10-14/h7,9,11-12H,2-6,8,10H2,1H3. The highest BCUT2D eigenvalue weighted by Crippen LogP contribution is 2.35. The molecule has 0 N–H and O–H groups in total. The molecule has 3 nitrogen and oxygen atoms in total. The molecule has 0 amide bonds. The zero-order chi connectivity index (χ0) is 11.4. The van der Waals surface area contributed by atoms with Gasteiger partial charge in [0.15, 0.2) is 0 Å². The molecule has 2 atom stereocenters. The third kappa shape index (κ3) is 2.77. The lowest BCUT2D eigenvalue weighted by molar-refractivity contribution is -0.134. The van der Waals surface area contributed by atoms with E-state index in [2.05, 4.69) is 9.64 Å². The first kappa shape index (κ1) is 11.5. The SMILES string of the molecule is COC(=O)C=CN1CCC2CCCCC2C1. The first-order valence-electron chi connectivity index (χ1n) is 6.30. The molecule has 1 aliphatic heterocycles. The maximum Gasteiger partial charge on any atom is 0.331 e. The Labute approximate surface area is 97.5 Å². The highest BCUT2D eigenvalue weighted by molar-refractivity contribution is 5.81. The minimum Gasteiger partial charge on any atom is -0.466 e. The van der Waals surface area contributed by atoms with E-state index in [0.717, 1.165) is 24.9 Å². The van der Waals surface area contributed by atoms with Crippen LogP contribution in [0.2, 0.25) is 0 Å². The van der Waals surface area contributed by atoms with Crippen molar-refractivity contribution in [2.24, 2.45) is 11.8 Å². The van der Waals surface area contributed by atoms with Crippen molar-refractivity contribution in [2.75, 3.05) is 20.2 Å². The van der Waals surface area contributed by atoms with Gasteiger partial charge in [0.05, 0.1) is 7.11 Å². The Hall–Kier alpha value is -0.990. The first-order valence-corrected chi connectivity index (χ1v) is 6.30. The molecule has 1 saturated carbocycles. The number of carbonyl (C=O) groups excluding carboxylic acids is 1. The molecule has 2 unspecified atom stereocenters. The average Bonchev–Trinajstić information content (AvgIpc) is 2.35. The van der Waals surface area contributed by atoms with E-state index >= 15 is 0 Å². The molecule has 3 heteroatoms. The van der Waals surface area contributed by atoms with Crippen LogP contribution in [0.1, 0.15) is 32.1 Å². The third-order valence-corrected chi connectivity index (χ3v) is 3.95. The van der Waals surface area contributed by atoms with Crippen LogP contribution < -0.4 is 0 Å². The molecule has 0 aromatic heterocycles. The van der Waals surface area contributed by atoms with Crippen LogP contribution in [0.4, 0.5) is 0 Å². The van der Waals surface area contributed by atoms with Gasteiger partial charge in [0.25, 0.3) is 0 Å². The Kier molecular flexibility index (Phi) is 3.86.